The highest BCUT2D eigenvalue weighted by Gasteiger charge is 2.46. The molecule has 1 aromatic heterocycles. The van der Waals surface area contributed by atoms with E-state index in [0.29, 0.717) is 6.54 Å². The van der Waals surface area contributed by atoms with Crippen molar-refractivity contribution in [3.05, 3.63) is 11.9 Å². The molecular weight excluding hydrogens is 204 g/mol. The molecule has 5 nitrogen and oxygen atoms in total. The molecule has 0 saturated heterocycles. The van der Waals surface area contributed by atoms with Crippen LogP contribution in [0.15, 0.2) is 6.20 Å². The van der Waals surface area contributed by atoms with Crippen LogP contribution in [0.4, 0.5) is 0 Å². The van der Waals surface area contributed by atoms with E-state index in [1.165, 1.54) is 12.8 Å². The summed E-state index contributed by atoms with van der Waals surface area (Å²) in [5.74, 6) is 0.801. The third-order valence-electron chi connectivity index (χ3n) is 3.87. The summed E-state index contributed by atoms with van der Waals surface area (Å²) in [5, 5.41) is 17.8. The lowest BCUT2D eigenvalue weighted by Crippen LogP contribution is -2.50. The van der Waals surface area contributed by atoms with Crippen molar-refractivity contribution in [2.24, 2.45) is 11.7 Å². The van der Waals surface area contributed by atoms with Gasteiger partial charge in [0.25, 0.3) is 0 Å². The van der Waals surface area contributed by atoms with E-state index in [4.69, 9.17) is 5.73 Å². The summed E-state index contributed by atoms with van der Waals surface area (Å²) in [6, 6.07) is 0. The first-order valence-electron chi connectivity index (χ1n) is 6.01. The van der Waals surface area contributed by atoms with Crippen LogP contribution in [0, 0.1) is 5.92 Å². The Balaban J connectivity index is 1.74. The fourth-order valence-corrected chi connectivity index (χ4v) is 2.52. The van der Waals surface area contributed by atoms with Gasteiger partial charge in [-0.2, -0.15) is 0 Å². The minimum absolute atomic E-state index is 0.110. The van der Waals surface area contributed by atoms with Crippen LogP contribution in [-0.4, -0.2) is 32.7 Å². The molecule has 2 saturated carbocycles. The zero-order valence-electron chi connectivity index (χ0n) is 9.34. The van der Waals surface area contributed by atoms with Gasteiger partial charge in [-0.05, 0) is 31.6 Å². The number of nitrogens with two attached hydrogens (primary N) is 1. The Labute approximate surface area is 94.6 Å². The fraction of sp³-hybridized carbons (Fsp3) is 0.818. The summed E-state index contributed by atoms with van der Waals surface area (Å²) < 4.78 is 1.93. The summed E-state index contributed by atoms with van der Waals surface area (Å²) in [6.45, 7) is 1.53. The highest BCUT2D eigenvalue weighted by molar-refractivity contribution is 5.20. The lowest BCUT2D eigenvalue weighted by atomic mass is 9.65. The second-order valence-corrected chi connectivity index (χ2v) is 5.32. The van der Waals surface area contributed by atoms with E-state index in [-0.39, 0.29) is 11.5 Å². The van der Waals surface area contributed by atoms with Crippen molar-refractivity contribution in [2.75, 3.05) is 6.54 Å². The monoisotopic (exact) mass is 222 g/mol. The summed E-state index contributed by atoms with van der Waals surface area (Å²) in [7, 11) is 0. The van der Waals surface area contributed by atoms with Crippen molar-refractivity contribution in [1.82, 2.24) is 15.0 Å². The van der Waals surface area contributed by atoms with E-state index in [2.05, 4.69) is 10.3 Å². The standard InChI is InChI=1S/C11H18N4O/c12-7-11(3-9(16)4-11)10-6-15(14-13-10)5-8-1-2-8/h6,8-9,16H,1-5,7,12H2. The lowest BCUT2D eigenvalue weighted by molar-refractivity contribution is 0.0200. The highest BCUT2D eigenvalue weighted by Crippen LogP contribution is 2.42. The largest absolute Gasteiger partial charge is 0.393 e. The Morgan fingerprint density at radius 3 is 2.81 bits per heavy atom. The quantitative estimate of drug-likeness (QED) is 0.754. The van der Waals surface area contributed by atoms with Crippen LogP contribution in [-0.2, 0) is 12.0 Å². The Morgan fingerprint density at radius 1 is 1.50 bits per heavy atom. The first kappa shape index (κ1) is 10.2. The van der Waals surface area contributed by atoms with Crippen LogP contribution >= 0.6 is 0 Å². The molecule has 3 rings (SSSR count). The number of hydrogen-bond donors (Lipinski definition) is 2. The fourth-order valence-electron chi connectivity index (χ4n) is 2.52. The molecule has 2 aliphatic carbocycles. The van der Waals surface area contributed by atoms with Gasteiger partial charge in [0.2, 0.25) is 0 Å². The van der Waals surface area contributed by atoms with Gasteiger partial charge in [0, 0.05) is 24.7 Å². The molecule has 0 amide bonds. The van der Waals surface area contributed by atoms with Crippen LogP contribution in [0.3, 0.4) is 0 Å². The van der Waals surface area contributed by atoms with Crippen LogP contribution in [0.5, 0.6) is 0 Å². The van der Waals surface area contributed by atoms with Gasteiger partial charge in [-0.1, -0.05) is 5.21 Å². The molecule has 3 N–H and O–H groups in total. The molecule has 1 aromatic rings. The zero-order chi connectivity index (χ0) is 11.2. The average Bonchev–Trinajstić information content (AvgIpc) is 2.90. The first-order valence-corrected chi connectivity index (χ1v) is 6.01. The van der Waals surface area contributed by atoms with Crippen molar-refractivity contribution in [3.63, 3.8) is 0 Å². The molecule has 2 aliphatic rings. The van der Waals surface area contributed by atoms with E-state index in [1.807, 2.05) is 10.9 Å². The molecule has 0 aromatic carbocycles. The Hall–Kier alpha value is -0.940. The smallest absolute Gasteiger partial charge is 0.0903 e. The predicted octanol–water partition coefficient (Wildman–Crippen LogP) is 0.0393. The molecule has 16 heavy (non-hydrogen) atoms. The summed E-state index contributed by atoms with van der Waals surface area (Å²) in [4.78, 5) is 0. The minimum atomic E-state index is -0.211. The Morgan fingerprint density at radius 2 is 2.25 bits per heavy atom. The van der Waals surface area contributed by atoms with Gasteiger partial charge in [0.05, 0.1) is 11.8 Å². The van der Waals surface area contributed by atoms with E-state index < -0.39 is 0 Å². The van der Waals surface area contributed by atoms with Crippen molar-refractivity contribution < 1.29 is 5.11 Å². The van der Waals surface area contributed by atoms with Gasteiger partial charge >= 0.3 is 0 Å². The number of aromatic nitrogens is 3. The molecule has 0 spiro atoms. The molecule has 2 fully saturated rings. The third-order valence-corrected chi connectivity index (χ3v) is 3.87. The third kappa shape index (κ3) is 1.64. The average molecular weight is 222 g/mol. The van der Waals surface area contributed by atoms with E-state index in [1.54, 1.807) is 0 Å². The van der Waals surface area contributed by atoms with Crippen LogP contribution < -0.4 is 5.73 Å². The predicted molar refractivity (Wildman–Crippen MR) is 58.7 cm³/mol. The molecule has 5 heteroatoms. The minimum Gasteiger partial charge on any atom is -0.393 e. The van der Waals surface area contributed by atoms with Gasteiger partial charge in [0.15, 0.2) is 0 Å². The first-order chi connectivity index (χ1) is 7.72. The maximum Gasteiger partial charge on any atom is 0.0903 e. The second-order valence-electron chi connectivity index (χ2n) is 5.32. The summed E-state index contributed by atoms with van der Waals surface area (Å²) >= 11 is 0. The molecule has 0 aliphatic heterocycles. The number of aliphatic hydroxyl groups is 1. The van der Waals surface area contributed by atoms with Gasteiger partial charge in [-0.15, -0.1) is 5.10 Å². The van der Waals surface area contributed by atoms with Gasteiger partial charge in [0.1, 0.15) is 0 Å². The van der Waals surface area contributed by atoms with Gasteiger partial charge < -0.3 is 10.8 Å². The second kappa shape index (κ2) is 3.53. The SMILES string of the molecule is NCC1(c2cn(CC3CC3)nn2)CC(O)C1. The summed E-state index contributed by atoms with van der Waals surface area (Å²) in [6.07, 6.45) is 5.89. The highest BCUT2D eigenvalue weighted by atomic mass is 16.3. The lowest BCUT2D eigenvalue weighted by Gasteiger charge is -2.43. The topological polar surface area (TPSA) is 77.0 Å². The molecule has 0 radical (unpaired) electrons. The van der Waals surface area contributed by atoms with Crippen LogP contribution in [0.25, 0.3) is 0 Å². The Kier molecular flexibility index (Phi) is 2.26. The number of hydrogen-bond acceptors (Lipinski definition) is 4. The van der Waals surface area contributed by atoms with Crippen molar-refractivity contribution in [2.45, 2.75) is 43.7 Å². The Bertz CT molecular complexity index is 379. The maximum atomic E-state index is 9.43. The maximum absolute atomic E-state index is 9.43. The molecule has 0 atom stereocenters. The van der Waals surface area contributed by atoms with E-state index >= 15 is 0 Å². The number of rotatable bonds is 4. The van der Waals surface area contributed by atoms with Gasteiger partial charge in [-0.25, -0.2) is 0 Å². The van der Waals surface area contributed by atoms with Crippen molar-refractivity contribution >= 4 is 0 Å². The van der Waals surface area contributed by atoms with Crippen LogP contribution in [0.1, 0.15) is 31.4 Å². The molecule has 0 bridgehead atoms. The number of nitrogens with zero attached hydrogens (tertiary/aromatic N) is 3. The van der Waals surface area contributed by atoms with Crippen molar-refractivity contribution in [1.29, 1.82) is 0 Å². The molecule has 88 valence electrons. The zero-order valence-corrected chi connectivity index (χ0v) is 9.34. The molecule has 0 unspecified atom stereocenters. The number of aliphatic hydroxyl groups excluding tert-OH is 1. The molecule has 1 heterocycles. The van der Waals surface area contributed by atoms with Crippen molar-refractivity contribution in [3.8, 4) is 0 Å². The molecular formula is C11H18N4O. The summed E-state index contributed by atoms with van der Waals surface area (Å²) in [5.41, 5.74) is 6.65. The van der Waals surface area contributed by atoms with Crippen LogP contribution in [0.2, 0.25) is 0 Å². The normalized spacial score (nSPS) is 33.8. The van der Waals surface area contributed by atoms with E-state index in [0.717, 1.165) is 31.0 Å². The van der Waals surface area contributed by atoms with Gasteiger partial charge in [-0.3, -0.25) is 4.68 Å². The van der Waals surface area contributed by atoms with E-state index in [9.17, 15) is 5.11 Å².